The van der Waals surface area contributed by atoms with Gasteiger partial charge in [0.2, 0.25) is 0 Å². The van der Waals surface area contributed by atoms with Crippen molar-refractivity contribution in [2.24, 2.45) is 0 Å². The summed E-state index contributed by atoms with van der Waals surface area (Å²) in [5.74, 6) is 0. The fraction of sp³-hybridized carbons (Fsp3) is 0.551. The van der Waals surface area contributed by atoms with Gasteiger partial charge in [-0.3, -0.25) is 0 Å². The predicted molar refractivity (Wildman–Crippen MR) is 226 cm³/mol. The molecule has 4 rings (SSSR count). The van der Waals surface area contributed by atoms with Gasteiger partial charge in [-0.2, -0.15) is 0 Å². The molecule has 0 saturated carbocycles. The van der Waals surface area contributed by atoms with Gasteiger partial charge in [0.15, 0.2) is 0 Å². The molecule has 0 fully saturated rings. The smallest absolute Gasteiger partial charge is 1.00 e. The van der Waals surface area contributed by atoms with Gasteiger partial charge in [0, 0.05) is 0 Å². The fourth-order valence-electron chi connectivity index (χ4n) is 7.44. The Labute approximate surface area is 364 Å². The van der Waals surface area contributed by atoms with Crippen molar-refractivity contribution >= 4 is 23.6 Å². The van der Waals surface area contributed by atoms with Gasteiger partial charge in [-0.1, -0.05) is 0 Å². The van der Waals surface area contributed by atoms with E-state index in [1.165, 1.54) is 58.4 Å². The fourth-order valence-corrected chi connectivity index (χ4v) is 14.1. The van der Waals surface area contributed by atoms with E-state index in [4.69, 9.17) is 0 Å². The summed E-state index contributed by atoms with van der Waals surface area (Å²) in [6, 6.07) is 23.5. The molecule has 0 spiro atoms. The second kappa shape index (κ2) is 17.0. The quantitative estimate of drug-likeness (QED) is 0.274. The van der Waals surface area contributed by atoms with Gasteiger partial charge in [-0.15, -0.1) is 0 Å². The van der Waals surface area contributed by atoms with E-state index in [0.29, 0.717) is 0 Å². The number of rotatable bonds is 5. The second-order valence-corrected chi connectivity index (χ2v) is 26.4. The van der Waals surface area contributed by atoms with Crippen LogP contribution in [0.5, 0.6) is 0 Å². The summed E-state index contributed by atoms with van der Waals surface area (Å²) in [7, 11) is -2.95. The molecule has 0 atom stereocenters. The first-order valence-corrected chi connectivity index (χ1v) is 22.3. The molecule has 0 unspecified atom stereocenters. The minimum Gasteiger partial charge on any atom is -1.00 e. The summed E-state index contributed by atoms with van der Waals surface area (Å²) in [6.45, 7) is 45.5. The van der Waals surface area contributed by atoms with Gasteiger partial charge < -0.3 is 37.2 Å². The van der Waals surface area contributed by atoms with Crippen molar-refractivity contribution in [2.45, 2.75) is 177 Å². The van der Waals surface area contributed by atoms with Crippen molar-refractivity contribution in [1.82, 2.24) is 0 Å². The molecular weight excluding hydrogens is 771 g/mol. The molecule has 0 saturated heterocycles. The predicted octanol–water partition coefficient (Wildman–Crippen LogP) is 3.03. The van der Waals surface area contributed by atoms with Crippen LogP contribution >= 0.6 is 0 Å². The Kier molecular flexibility index (Phi) is 16.1. The second-order valence-electron chi connectivity index (χ2n) is 21.8. The van der Waals surface area contributed by atoms with Crippen molar-refractivity contribution in [3.63, 3.8) is 0 Å². The van der Waals surface area contributed by atoms with Gasteiger partial charge in [-0.05, 0) is 0 Å². The normalized spacial score (nSPS) is 14.6. The molecule has 54 heavy (non-hydrogen) atoms. The third kappa shape index (κ3) is 10.5. The third-order valence-electron chi connectivity index (χ3n) is 11.3. The molecular formula is C49H71Cl3SiTi. The van der Waals surface area contributed by atoms with E-state index in [1.54, 1.807) is 5.20 Å². The van der Waals surface area contributed by atoms with E-state index in [1.807, 2.05) is 0 Å². The summed E-state index contributed by atoms with van der Waals surface area (Å²) in [4.78, 5) is 0. The van der Waals surface area contributed by atoms with E-state index in [9.17, 15) is 0 Å². The molecule has 0 aromatic heterocycles. The monoisotopic (exact) mass is 840 g/mol. The Bertz CT molecular complexity index is 1570. The molecule has 1 aliphatic carbocycles. The standard InChI is InChI=1S/C49H71Si.3ClH.Ti/c1-20-33-21-22-40(23-33)50(41-27-34(44(2,3)4)24-35(28-41)45(5,6)7,42-29-36(46(8,9)10)25-37(30-42)47(11,12)13)43-31-38(48(14,15)16)26-39(32-43)49(17,18)19;;;;/h21,24-32H,20,22H2,1-19H3;3*1H;/q;;;;+3/p-3. The Morgan fingerprint density at radius 2 is 0.648 bits per heavy atom. The molecule has 0 bridgehead atoms. The number of hydrogen-bond acceptors (Lipinski definition) is 0. The van der Waals surface area contributed by atoms with Crippen molar-refractivity contribution in [2.75, 3.05) is 0 Å². The SMILES string of the molecule is CCC1=CCC([Si](c2cc(C(C)(C)C)cc(C(C)(C)C)c2)(c2cc(C(C)(C)C)cc(C(C)(C)C)c2)c2cc(C(C)(C)C)cc(C(C)(C)C)c2)=[C]1[Ti+3].[Cl-].[Cl-].[Cl-]. The summed E-state index contributed by atoms with van der Waals surface area (Å²) >= 11 is 2.45. The average molecular weight is 842 g/mol. The van der Waals surface area contributed by atoms with Crippen molar-refractivity contribution in [1.29, 1.82) is 0 Å². The minimum absolute atomic E-state index is 0. The first-order chi connectivity index (χ1) is 22.9. The maximum Gasteiger partial charge on any atom is -1.00 e. The molecule has 5 heteroatoms. The van der Waals surface area contributed by atoms with Gasteiger partial charge in [0.25, 0.3) is 0 Å². The van der Waals surface area contributed by atoms with Crippen LogP contribution in [-0.2, 0) is 52.9 Å². The zero-order chi connectivity index (χ0) is 38.9. The summed E-state index contributed by atoms with van der Waals surface area (Å²) in [5, 5.41) is 6.28. The van der Waals surface area contributed by atoms with Crippen LogP contribution in [0.2, 0.25) is 0 Å². The van der Waals surface area contributed by atoms with Crippen LogP contribution < -0.4 is 52.8 Å². The van der Waals surface area contributed by atoms with Crippen LogP contribution in [0.4, 0.5) is 0 Å². The zero-order valence-electron chi connectivity index (χ0n) is 37.3. The summed E-state index contributed by atoms with van der Waals surface area (Å²) in [6.07, 6.45) is 4.65. The van der Waals surface area contributed by atoms with Crippen molar-refractivity contribution in [3.05, 3.63) is 109 Å². The molecule has 0 heterocycles. The largest absolute Gasteiger partial charge is 1.00 e. The minimum atomic E-state index is -2.95. The van der Waals surface area contributed by atoms with Crippen molar-refractivity contribution in [3.8, 4) is 0 Å². The maximum absolute atomic E-state index is 2.95. The van der Waals surface area contributed by atoms with Gasteiger partial charge in [0.1, 0.15) is 0 Å². The third-order valence-corrected chi connectivity index (χ3v) is 17.5. The topological polar surface area (TPSA) is 0 Å². The van der Waals surface area contributed by atoms with Crippen LogP contribution in [0.1, 0.15) is 178 Å². The molecule has 0 radical (unpaired) electrons. The van der Waals surface area contributed by atoms with Gasteiger partial charge >= 0.3 is 330 Å². The Morgan fingerprint density at radius 3 is 0.815 bits per heavy atom. The van der Waals surface area contributed by atoms with E-state index in [0.717, 1.165) is 12.8 Å². The Balaban J connectivity index is 0.00000486. The van der Waals surface area contributed by atoms with E-state index >= 15 is 0 Å². The number of halogens is 3. The van der Waals surface area contributed by atoms with Gasteiger partial charge in [0.05, 0.1) is 0 Å². The summed E-state index contributed by atoms with van der Waals surface area (Å²) < 4.78 is 1.53. The Morgan fingerprint density at radius 1 is 0.426 bits per heavy atom. The molecule has 0 N–H and O–H groups in total. The van der Waals surface area contributed by atoms with Crippen molar-refractivity contribution < 1.29 is 57.7 Å². The van der Waals surface area contributed by atoms with Crippen LogP contribution in [0.3, 0.4) is 0 Å². The molecule has 0 aliphatic heterocycles. The zero-order valence-corrected chi connectivity index (χ0v) is 42.2. The van der Waals surface area contributed by atoms with Gasteiger partial charge in [-0.25, -0.2) is 0 Å². The van der Waals surface area contributed by atoms with E-state index in [2.05, 4.69) is 213 Å². The number of benzene rings is 3. The maximum atomic E-state index is 2.66. The Hall–Kier alpha value is -1.06. The average Bonchev–Trinajstić information content (AvgIpc) is 3.34. The molecule has 3 aromatic rings. The molecule has 0 nitrogen and oxygen atoms in total. The number of hydrogen-bond donors (Lipinski definition) is 0. The number of allylic oxidation sites excluding steroid dienone is 4. The van der Waals surface area contributed by atoms with Crippen LogP contribution in [0.15, 0.2) is 75.3 Å². The molecule has 0 amide bonds. The molecule has 1 aliphatic rings. The molecule has 3 aromatic carbocycles. The summed E-state index contributed by atoms with van der Waals surface area (Å²) in [5.41, 5.74) is 10.2. The van der Waals surface area contributed by atoms with E-state index < -0.39 is 8.07 Å². The van der Waals surface area contributed by atoms with Crippen LogP contribution in [0, 0.1) is 0 Å². The first kappa shape index (κ1) is 51.0. The van der Waals surface area contributed by atoms with Crippen LogP contribution in [-0.4, -0.2) is 8.07 Å². The first-order valence-electron chi connectivity index (χ1n) is 19.6. The molecule has 296 valence electrons. The van der Waals surface area contributed by atoms with E-state index in [-0.39, 0.29) is 69.7 Å². The van der Waals surface area contributed by atoms with Crippen LogP contribution in [0.25, 0.3) is 0 Å².